The highest BCUT2D eigenvalue weighted by atomic mass is 16.5. The van der Waals surface area contributed by atoms with Crippen molar-refractivity contribution >= 4 is 0 Å². The van der Waals surface area contributed by atoms with Gasteiger partial charge in [0, 0.05) is 12.2 Å². The van der Waals surface area contributed by atoms with Crippen LogP contribution in [0, 0.1) is 0 Å². The van der Waals surface area contributed by atoms with Gasteiger partial charge in [0.2, 0.25) is 6.33 Å². The number of benzene rings is 1. The number of unbranched alkanes of at least 4 members (excludes halogenated alkanes) is 16. The fourth-order valence-corrected chi connectivity index (χ4v) is 5.81. The molecule has 1 aromatic heterocycles. The zero-order valence-electron chi connectivity index (χ0n) is 27.8. The molecular weight excluding hydrogens is 502 g/mol. The van der Waals surface area contributed by atoms with E-state index in [0.29, 0.717) is 0 Å². The van der Waals surface area contributed by atoms with E-state index in [2.05, 4.69) is 80.1 Å². The molecule has 0 atom stereocenters. The highest BCUT2D eigenvalue weighted by molar-refractivity contribution is 5.22. The number of imidazole rings is 1. The van der Waals surface area contributed by atoms with Gasteiger partial charge in [0.25, 0.3) is 0 Å². The summed E-state index contributed by atoms with van der Waals surface area (Å²) < 4.78 is 11.7. The van der Waals surface area contributed by atoms with Crippen molar-refractivity contribution in [2.24, 2.45) is 0 Å². The van der Waals surface area contributed by atoms with Gasteiger partial charge in [-0.2, -0.15) is 0 Å². The summed E-state index contributed by atoms with van der Waals surface area (Å²) in [4.78, 5) is 0. The molecule has 0 amide bonds. The fourth-order valence-electron chi connectivity index (χ4n) is 5.81. The number of rotatable bonds is 27. The third kappa shape index (κ3) is 18.5. The lowest BCUT2D eigenvalue weighted by atomic mass is 10.1. The summed E-state index contributed by atoms with van der Waals surface area (Å²) in [5.74, 6) is 0. The number of aromatic nitrogens is 2. The van der Waals surface area contributed by atoms with E-state index in [4.69, 9.17) is 4.74 Å². The predicted octanol–water partition coefficient (Wildman–Crippen LogP) is 9.48. The molecule has 1 heterocycles. The van der Waals surface area contributed by atoms with Gasteiger partial charge in [-0.15, -0.1) is 0 Å². The molecule has 2 rings (SSSR count). The third-order valence-electron chi connectivity index (χ3n) is 8.47. The molecule has 0 unspecified atom stereocenters. The van der Waals surface area contributed by atoms with Crippen molar-refractivity contribution in [1.82, 2.24) is 4.57 Å². The lowest BCUT2D eigenvalue weighted by Crippen LogP contribution is -2.41. The highest BCUT2D eigenvalue weighted by Gasteiger charge is 2.16. The molecule has 0 aliphatic heterocycles. The minimum atomic E-state index is 0.854. The van der Waals surface area contributed by atoms with Gasteiger partial charge < -0.3 is 9.22 Å². The Balaban J connectivity index is 1.57. The molecule has 0 aliphatic rings. The van der Waals surface area contributed by atoms with Gasteiger partial charge in [-0.05, 0) is 30.9 Å². The van der Waals surface area contributed by atoms with Crippen LogP contribution in [0.3, 0.4) is 0 Å². The van der Waals surface area contributed by atoms with Crippen LogP contribution in [0.4, 0.5) is 0 Å². The molecule has 0 radical (unpaired) electrons. The minimum Gasteiger partial charge on any atom is -0.376 e. The van der Waals surface area contributed by atoms with Gasteiger partial charge in [-0.25, -0.2) is 9.13 Å². The Hall–Kier alpha value is -1.65. The molecular formula is C37H67N3O+2. The second-order valence-electron chi connectivity index (χ2n) is 13.2. The number of ether oxygens (including phenoxy) is 1. The van der Waals surface area contributed by atoms with Crippen LogP contribution in [0.2, 0.25) is 0 Å². The SMILES string of the molecule is CCCCCCCCCCCCOCC[N+](C)(C)Cc1cccc(C[n+]2ccn(CCCCCCCCCC)c2)c1. The minimum absolute atomic E-state index is 0.854. The first-order valence-electron chi connectivity index (χ1n) is 17.5. The van der Waals surface area contributed by atoms with Crippen LogP contribution in [-0.2, 0) is 24.4 Å². The van der Waals surface area contributed by atoms with Crippen molar-refractivity contribution in [2.45, 2.75) is 149 Å². The summed E-state index contributed by atoms with van der Waals surface area (Å²) in [7, 11) is 4.66. The van der Waals surface area contributed by atoms with Crippen molar-refractivity contribution in [3.8, 4) is 0 Å². The Morgan fingerprint density at radius 2 is 1.24 bits per heavy atom. The number of hydrogen-bond acceptors (Lipinski definition) is 1. The molecule has 4 nitrogen and oxygen atoms in total. The van der Waals surface area contributed by atoms with E-state index < -0.39 is 0 Å². The van der Waals surface area contributed by atoms with E-state index in [1.54, 1.807) is 0 Å². The van der Waals surface area contributed by atoms with Gasteiger partial charge >= 0.3 is 0 Å². The van der Waals surface area contributed by atoms with Crippen molar-refractivity contribution in [1.29, 1.82) is 0 Å². The van der Waals surface area contributed by atoms with Crippen molar-refractivity contribution in [2.75, 3.05) is 33.9 Å². The lowest BCUT2D eigenvalue weighted by Gasteiger charge is -2.30. The Kier molecular flexibility index (Phi) is 19.8. The molecule has 1 aromatic carbocycles. The standard InChI is InChI=1S/C37H67N3O/c1-5-7-9-11-13-15-16-18-20-22-30-41-31-29-40(3,4)34-37-25-23-24-36(32-37)33-39-28-27-38(35-39)26-21-19-17-14-12-10-8-6-2/h23-25,27-28,32,35H,5-22,26,29-31,33-34H2,1-4H3/q+2. The average molecular weight is 570 g/mol. The van der Waals surface area contributed by atoms with Gasteiger partial charge in [0.05, 0.1) is 27.2 Å². The third-order valence-corrected chi connectivity index (χ3v) is 8.47. The van der Waals surface area contributed by atoms with Crippen LogP contribution in [0.25, 0.3) is 0 Å². The fraction of sp³-hybridized carbons (Fsp3) is 0.757. The molecule has 0 bridgehead atoms. The quantitative estimate of drug-likeness (QED) is 0.0595. The first-order chi connectivity index (χ1) is 20.0. The molecule has 0 spiro atoms. The van der Waals surface area contributed by atoms with Crippen LogP contribution < -0.4 is 4.57 Å². The molecule has 2 aromatic rings. The Morgan fingerprint density at radius 3 is 1.88 bits per heavy atom. The highest BCUT2D eigenvalue weighted by Crippen LogP contribution is 2.13. The van der Waals surface area contributed by atoms with Crippen LogP contribution >= 0.6 is 0 Å². The van der Waals surface area contributed by atoms with E-state index in [9.17, 15) is 0 Å². The molecule has 0 aliphatic carbocycles. The monoisotopic (exact) mass is 570 g/mol. The van der Waals surface area contributed by atoms with E-state index >= 15 is 0 Å². The van der Waals surface area contributed by atoms with Crippen LogP contribution in [0.5, 0.6) is 0 Å². The Morgan fingerprint density at radius 1 is 0.683 bits per heavy atom. The van der Waals surface area contributed by atoms with Crippen LogP contribution in [0.15, 0.2) is 43.0 Å². The smallest absolute Gasteiger partial charge is 0.244 e. The first kappa shape index (κ1) is 35.5. The summed E-state index contributed by atoms with van der Waals surface area (Å²) in [6.45, 7) is 10.5. The van der Waals surface area contributed by atoms with E-state index in [1.165, 1.54) is 127 Å². The second-order valence-corrected chi connectivity index (χ2v) is 13.2. The molecule has 0 saturated heterocycles. The molecule has 0 fully saturated rings. The predicted molar refractivity (Wildman–Crippen MR) is 176 cm³/mol. The first-order valence-corrected chi connectivity index (χ1v) is 17.5. The zero-order chi connectivity index (χ0) is 29.4. The summed E-state index contributed by atoms with van der Waals surface area (Å²) >= 11 is 0. The van der Waals surface area contributed by atoms with Gasteiger partial charge in [-0.1, -0.05) is 128 Å². The lowest BCUT2D eigenvalue weighted by molar-refractivity contribution is -0.904. The number of quaternary nitrogens is 1. The topological polar surface area (TPSA) is 18.0 Å². The molecule has 234 valence electrons. The van der Waals surface area contributed by atoms with Gasteiger partial charge in [0.15, 0.2) is 0 Å². The van der Waals surface area contributed by atoms with Gasteiger partial charge in [-0.3, -0.25) is 0 Å². The molecule has 4 heteroatoms. The van der Waals surface area contributed by atoms with E-state index in [1.807, 2.05) is 0 Å². The van der Waals surface area contributed by atoms with Crippen LogP contribution in [-0.4, -0.2) is 42.9 Å². The molecule has 0 N–H and O–H groups in total. The van der Waals surface area contributed by atoms with Crippen molar-refractivity contribution in [3.63, 3.8) is 0 Å². The molecule has 0 saturated carbocycles. The molecule has 41 heavy (non-hydrogen) atoms. The van der Waals surface area contributed by atoms with Crippen LogP contribution in [0.1, 0.15) is 141 Å². The zero-order valence-corrected chi connectivity index (χ0v) is 27.8. The van der Waals surface area contributed by atoms with Gasteiger partial charge in [0.1, 0.15) is 32.0 Å². The number of likely N-dealkylation sites (N-methyl/N-ethyl adjacent to an activating group) is 1. The summed E-state index contributed by atoms with van der Waals surface area (Å²) in [6.07, 6.45) is 31.5. The van der Waals surface area contributed by atoms with Crippen molar-refractivity contribution in [3.05, 3.63) is 54.1 Å². The number of nitrogens with zero attached hydrogens (tertiary/aromatic N) is 3. The maximum absolute atomic E-state index is 6.02. The number of hydrogen-bond donors (Lipinski definition) is 0. The summed E-state index contributed by atoms with van der Waals surface area (Å²) in [5.41, 5.74) is 2.80. The number of aryl methyl sites for hydroxylation is 1. The Labute approximate surface area is 255 Å². The summed E-state index contributed by atoms with van der Waals surface area (Å²) in [5, 5.41) is 0. The van der Waals surface area contributed by atoms with E-state index in [-0.39, 0.29) is 0 Å². The summed E-state index contributed by atoms with van der Waals surface area (Å²) in [6, 6.07) is 9.17. The maximum Gasteiger partial charge on any atom is 0.244 e. The average Bonchev–Trinajstić information content (AvgIpc) is 3.39. The normalized spacial score (nSPS) is 11.9. The van der Waals surface area contributed by atoms with Crippen molar-refractivity contribution < 1.29 is 13.8 Å². The second kappa shape index (κ2) is 22.9. The van der Waals surface area contributed by atoms with E-state index in [0.717, 1.165) is 43.9 Å². The largest absolute Gasteiger partial charge is 0.376 e. The Bertz CT molecular complexity index is 875. The maximum atomic E-state index is 6.02.